The summed E-state index contributed by atoms with van der Waals surface area (Å²) in [4.78, 5) is 12.5. The third-order valence-corrected chi connectivity index (χ3v) is 6.27. The van der Waals surface area contributed by atoms with Gasteiger partial charge in [-0.1, -0.05) is 0 Å². The molecule has 6 nitrogen and oxygen atoms in total. The van der Waals surface area contributed by atoms with Gasteiger partial charge in [-0.15, -0.1) is 11.3 Å². The van der Waals surface area contributed by atoms with Crippen LogP contribution in [0.3, 0.4) is 0 Å². The molecule has 0 aliphatic carbocycles. The molecule has 2 aromatic heterocycles. The number of nitrogens with one attached hydrogen (secondary N) is 3. The first-order chi connectivity index (χ1) is 10.4. The fourth-order valence-electron chi connectivity index (χ4n) is 1.68. The van der Waals surface area contributed by atoms with E-state index in [4.69, 9.17) is 12.2 Å². The topological polar surface area (TPSA) is 71.0 Å². The van der Waals surface area contributed by atoms with Gasteiger partial charge in [0.1, 0.15) is 0 Å². The van der Waals surface area contributed by atoms with Crippen molar-refractivity contribution in [3.8, 4) is 0 Å². The van der Waals surface area contributed by atoms with E-state index in [9.17, 15) is 4.79 Å². The number of hydrazine groups is 1. The smallest absolute Gasteiger partial charge is 0.279 e. The lowest BCUT2D eigenvalue weighted by Gasteiger charge is -2.10. The lowest BCUT2D eigenvalue weighted by molar-refractivity contribution is 0.0948. The number of aromatic nitrogens is 2. The highest BCUT2D eigenvalue weighted by Gasteiger charge is 2.12. The van der Waals surface area contributed by atoms with E-state index in [-0.39, 0.29) is 5.91 Å². The Morgan fingerprint density at radius 2 is 2.18 bits per heavy atom. The molecule has 0 spiro atoms. The molecule has 22 heavy (non-hydrogen) atoms. The second kappa shape index (κ2) is 7.53. The second-order valence-corrected chi connectivity index (χ2v) is 7.86. The van der Waals surface area contributed by atoms with E-state index in [1.54, 1.807) is 12.3 Å². The third-order valence-electron chi connectivity index (χ3n) is 2.81. The van der Waals surface area contributed by atoms with Crippen LogP contribution in [-0.2, 0) is 6.54 Å². The van der Waals surface area contributed by atoms with E-state index < -0.39 is 0 Å². The molecule has 118 valence electrons. The number of amides is 1. The first-order valence-electron chi connectivity index (χ1n) is 6.27. The highest BCUT2D eigenvalue weighted by atomic mass is 79.9. The zero-order valence-corrected chi connectivity index (χ0v) is 16.5. The number of hydrogen-bond acceptors (Lipinski definition) is 4. The van der Waals surface area contributed by atoms with Crippen molar-refractivity contribution in [2.24, 2.45) is 0 Å². The Morgan fingerprint density at radius 1 is 1.45 bits per heavy atom. The van der Waals surface area contributed by atoms with Gasteiger partial charge < -0.3 is 5.32 Å². The van der Waals surface area contributed by atoms with Gasteiger partial charge in [0.25, 0.3) is 5.91 Å². The third kappa shape index (κ3) is 4.06. The molecule has 0 unspecified atom stereocenters. The van der Waals surface area contributed by atoms with Crippen LogP contribution >= 0.6 is 55.4 Å². The minimum Gasteiger partial charge on any atom is -0.329 e. The number of thiocarbonyl (C=S) groups is 1. The van der Waals surface area contributed by atoms with Crippen LogP contribution in [-0.4, -0.2) is 20.8 Å². The largest absolute Gasteiger partial charge is 0.329 e. The summed E-state index contributed by atoms with van der Waals surface area (Å²) in [5.41, 5.74) is 7.00. The highest BCUT2D eigenvalue weighted by Crippen LogP contribution is 2.32. The number of halogens is 2. The van der Waals surface area contributed by atoms with E-state index >= 15 is 0 Å². The van der Waals surface area contributed by atoms with E-state index in [0.717, 1.165) is 26.2 Å². The van der Waals surface area contributed by atoms with Gasteiger partial charge in [-0.25, -0.2) is 0 Å². The van der Waals surface area contributed by atoms with Gasteiger partial charge in [-0.2, -0.15) is 5.10 Å². The number of anilines is 1. The summed E-state index contributed by atoms with van der Waals surface area (Å²) < 4.78 is 3.55. The fourth-order valence-corrected chi connectivity index (χ4v) is 3.77. The normalized spacial score (nSPS) is 10.4. The molecule has 10 heteroatoms. The molecule has 0 aliphatic rings. The lowest BCUT2D eigenvalue weighted by Crippen LogP contribution is -2.43. The minimum atomic E-state index is -0.262. The molecule has 2 heterocycles. The van der Waals surface area contributed by atoms with Gasteiger partial charge in [0.05, 0.1) is 26.2 Å². The average molecular weight is 467 g/mol. The Labute approximate surface area is 153 Å². The molecular formula is C12H13Br2N5OS2. The Balaban J connectivity index is 1.89. The molecule has 0 radical (unpaired) electrons. The van der Waals surface area contributed by atoms with Crippen LogP contribution in [0.1, 0.15) is 22.3 Å². The maximum Gasteiger partial charge on any atom is 0.279 e. The summed E-state index contributed by atoms with van der Waals surface area (Å²) in [6.07, 6.45) is 1.70. The van der Waals surface area contributed by atoms with Gasteiger partial charge in [0.2, 0.25) is 0 Å². The molecule has 0 aliphatic heterocycles. The van der Waals surface area contributed by atoms with Crippen molar-refractivity contribution >= 4 is 72.1 Å². The number of carbonyl (C=O) groups excluding carboxylic acids is 1. The van der Waals surface area contributed by atoms with Crippen LogP contribution in [0.2, 0.25) is 0 Å². The summed E-state index contributed by atoms with van der Waals surface area (Å²) in [6, 6.07) is 1.73. The van der Waals surface area contributed by atoms with Crippen molar-refractivity contribution in [2.75, 3.05) is 5.32 Å². The van der Waals surface area contributed by atoms with Gasteiger partial charge in [0, 0.05) is 11.0 Å². The van der Waals surface area contributed by atoms with Crippen LogP contribution in [0.25, 0.3) is 0 Å². The number of carbonyl (C=O) groups is 1. The van der Waals surface area contributed by atoms with Crippen LogP contribution in [0, 0.1) is 6.92 Å². The van der Waals surface area contributed by atoms with Crippen molar-refractivity contribution in [2.45, 2.75) is 20.4 Å². The maximum atomic E-state index is 12.0. The molecule has 0 fully saturated rings. The first-order valence-corrected chi connectivity index (χ1v) is 9.08. The highest BCUT2D eigenvalue weighted by molar-refractivity contribution is 9.13. The van der Waals surface area contributed by atoms with Gasteiger partial charge in [-0.05, 0) is 64.0 Å². The zero-order valence-electron chi connectivity index (χ0n) is 11.7. The van der Waals surface area contributed by atoms with E-state index in [0.29, 0.717) is 9.99 Å². The first kappa shape index (κ1) is 17.4. The summed E-state index contributed by atoms with van der Waals surface area (Å²) in [6.45, 7) is 4.74. The summed E-state index contributed by atoms with van der Waals surface area (Å²) in [5, 5.41) is 7.50. The van der Waals surface area contributed by atoms with Crippen molar-refractivity contribution < 1.29 is 4.79 Å². The second-order valence-electron chi connectivity index (χ2n) is 4.22. The van der Waals surface area contributed by atoms with Gasteiger partial charge in [-0.3, -0.25) is 20.3 Å². The Morgan fingerprint density at radius 3 is 2.73 bits per heavy atom. The number of thiophene rings is 1. The Hall–Kier alpha value is -0.970. The van der Waals surface area contributed by atoms with Crippen molar-refractivity contribution in [1.29, 1.82) is 0 Å². The van der Waals surface area contributed by atoms with Crippen LogP contribution in [0.4, 0.5) is 5.69 Å². The van der Waals surface area contributed by atoms with Crippen LogP contribution in [0.5, 0.6) is 0 Å². The SMILES string of the molecule is CCn1ncc(NC(=S)NNC(=O)c2cc(Br)c(Br)s2)c1C. The van der Waals surface area contributed by atoms with Crippen LogP contribution < -0.4 is 16.2 Å². The number of nitrogens with zero attached hydrogens (tertiary/aromatic N) is 2. The minimum absolute atomic E-state index is 0.262. The lowest BCUT2D eigenvalue weighted by atomic mass is 10.4. The van der Waals surface area contributed by atoms with Crippen molar-refractivity contribution in [3.05, 3.63) is 31.1 Å². The molecule has 0 saturated heterocycles. The average Bonchev–Trinajstić information content (AvgIpc) is 3.00. The van der Waals surface area contributed by atoms with Gasteiger partial charge >= 0.3 is 0 Å². The molecule has 0 saturated carbocycles. The molecule has 0 bridgehead atoms. The number of hydrogen-bond donors (Lipinski definition) is 3. The van der Waals surface area contributed by atoms with E-state index in [1.807, 2.05) is 18.5 Å². The predicted octanol–water partition coefficient (Wildman–Crippen LogP) is 3.43. The number of rotatable bonds is 3. The molecule has 0 atom stereocenters. The molecule has 2 rings (SSSR count). The summed E-state index contributed by atoms with van der Waals surface area (Å²) in [5.74, 6) is -0.262. The molecule has 0 aromatic carbocycles. The summed E-state index contributed by atoms with van der Waals surface area (Å²) in [7, 11) is 0. The monoisotopic (exact) mass is 465 g/mol. The molecule has 1 amide bonds. The fraction of sp³-hybridized carbons (Fsp3) is 0.250. The van der Waals surface area contributed by atoms with E-state index in [2.05, 4.69) is 53.1 Å². The maximum absolute atomic E-state index is 12.0. The van der Waals surface area contributed by atoms with Crippen LogP contribution in [0.15, 0.2) is 20.5 Å². The number of aryl methyl sites for hydroxylation is 1. The predicted molar refractivity (Wildman–Crippen MR) is 99.2 cm³/mol. The molecule has 3 N–H and O–H groups in total. The summed E-state index contributed by atoms with van der Waals surface area (Å²) >= 11 is 13.2. The van der Waals surface area contributed by atoms with Crippen molar-refractivity contribution in [3.63, 3.8) is 0 Å². The van der Waals surface area contributed by atoms with Crippen molar-refractivity contribution in [1.82, 2.24) is 20.6 Å². The van der Waals surface area contributed by atoms with E-state index in [1.165, 1.54) is 11.3 Å². The Kier molecular flexibility index (Phi) is 5.95. The standard InChI is InChI=1S/C12H13Br2N5OS2/c1-3-19-6(2)8(5-15-19)16-12(21)18-17-11(20)9-4-7(13)10(14)22-9/h4-5H,3H2,1-2H3,(H,17,20)(H2,16,18,21). The quantitative estimate of drug-likeness (QED) is 0.477. The molecular weight excluding hydrogens is 454 g/mol. The zero-order chi connectivity index (χ0) is 16.3. The van der Waals surface area contributed by atoms with Gasteiger partial charge in [0.15, 0.2) is 5.11 Å². The Bertz CT molecular complexity index is 693. The molecule has 2 aromatic rings.